The SMILES string of the molecule is CCN(c1cccc(C)c1)C(C)C#N. The van der Waals surface area contributed by atoms with Crippen LogP contribution in [0.5, 0.6) is 0 Å². The number of rotatable bonds is 3. The van der Waals surface area contributed by atoms with Gasteiger partial charge in [-0.25, -0.2) is 0 Å². The predicted octanol–water partition coefficient (Wildman–Crippen LogP) is 2.73. The minimum absolute atomic E-state index is 0.0678. The molecule has 0 amide bonds. The third kappa shape index (κ3) is 2.26. The third-order valence-electron chi connectivity index (χ3n) is 2.33. The van der Waals surface area contributed by atoms with Gasteiger partial charge in [0.25, 0.3) is 0 Å². The van der Waals surface area contributed by atoms with Gasteiger partial charge in [-0.3, -0.25) is 0 Å². The second-order valence-corrected chi connectivity index (χ2v) is 3.43. The van der Waals surface area contributed by atoms with Crippen molar-refractivity contribution in [2.75, 3.05) is 11.4 Å². The molecule has 0 aromatic heterocycles. The van der Waals surface area contributed by atoms with Crippen molar-refractivity contribution < 1.29 is 0 Å². The van der Waals surface area contributed by atoms with Crippen LogP contribution in [0.25, 0.3) is 0 Å². The number of nitriles is 1. The first-order valence-corrected chi connectivity index (χ1v) is 4.92. The summed E-state index contributed by atoms with van der Waals surface area (Å²) in [5.41, 5.74) is 2.35. The molecule has 0 aliphatic carbocycles. The molecular formula is C12H16N2. The third-order valence-corrected chi connectivity index (χ3v) is 2.33. The Hall–Kier alpha value is -1.49. The monoisotopic (exact) mass is 188 g/mol. The molecule has 0 aliphatic heterocycles. The fraction of sp³-hybridized carbons (Fsp3) is 0.417. The van der Waals surface area contributed by atoms with Gasteiger partial charge < -0.3 is 4.90 Å². The summed E-state index contributed by atoms with van der Waals surface area (Å²) in [7, 11) is 0. The first kappa shape index (κ1) is 10.6. The quantitative estimate of drug-likeness (QED) is 0.729. The second-order valence-electron chi connectivity index (χ2n) is 3.43. The van der Waals surface area contributed by atoms with Crippen LogP contribution < -0.4 is 4.90 Å². The van der Waals surface area contributed by atoms with Gasteiger partial charge in [0.1, 0.15) is 6.04 Å². The molecule has 1 rings (SSSR count). The molecule has 1 atom stereocenters. The molecule has 1 unspecified atom stereocenters. The van der Waals surface area contributed by atoms with Gasteiger partial charge in [-0.1, -0.05) is 12.1 Å². The fourth-order valence-corrected chi connectivity index (χ4v) is 1.56. The zero-order valence-corrected chi connectivity index (χ0v) is 8.99. The molecule has 0 aliphatic rings. The van der Waals surface area contributed by atoms with Crippen LogP contribution in [-0.4, -0.2) is 12.6 Å². The van der Waals surface area contributed by atoms with Crippen molar-refractivity contribution in [1.29, 1.82) is 5.26 Å². The molecule has 0 saturated heterocycles. The van der Waals surface area contributed by atoms with Crippen molar-refractivity contribution >= 4 is 5.69 Å². The maximum Gasteiger partial charge on any atom is 0.114 e. The van der Waals surface area contributed by atoms with Gasteiger partial charge in [0, 0.05) is 12.2 Å². The Balaban J connectivity index is 2.96. The molecule has 2 nitrogen and oxygen atoms in total. The number of nitrogens with zero attached hydrogens (tertiary/aromatic N) is 2. The van der Waals surface area contributed by atoms with E-state index in [1.807, 2.05) is 19.1 Å². The Morgan fingerprint density at radius 2 is 2.21 bits per heavy atom. The molecule has 1 aromatic rings. The highest BCUT2D eigenvalue weighted by atomic mass is 15.1. The highest BCUT2D eigenvalue weighted by Gasteiger charge is 2.10. The molecule has 74 valence electrons. The van der Waals surface area contributed by atoms with Crippen LogP contribution in [-0.2, 0) is 0 Å². The first-order valence-electron chi connectivity index (χ1n) is 4.92. The summed E-state index contributed by atoms with van der Waals surface area (Å²) in [5, 5.41) is 8.88. The van der Waals surface area contributed by atoms with E-state index in [0.717, 1.165) is 12.2 Å². The topological polar surface area (TPSA) is 27.0 Å². The van der Waals surface area contributed by atoms with Gasteiger partial charge in [0.05, 0.1) is 6.07 Å². The van der Waals surface area contributed by atoms with Crippen molar-refractivity contribution in [2.45, 2.75) is 26.8 Å². The normalized spacial score (nSPS) is 11.9. The van der Waals surface area contributed by atoms with Gasteiger partial charge in [-0.05, 0) is 38.5 Å². The maximum atomic E-state index is 8.88. The molecule has 0 saturated carbocycles. The van der Waals surface area contributed by atoms with E-state index in [2.05, 4.69) is 36.9 Å². The summed E-state index contributed by atoms with van der Waals surface area (Å²) in [5.74, 6) is 0. The Kier molecular flexibility index (Phi) is 3.53. The molecule has 0 spiro atoms. The lowest BCUT2D eigenvalue weighted by molar-refractivity contribution is 0.768. The first-order chi connectivity index (χ1) is 6.69. The van der Waals surface area contributed by atoms with Crippen molar-refractivity contribution in [1.82, 2.24) is 0 Å². The second kappa shape index (κ2) is 4.66. The van der Waals surface area contributed by atoms with Gasteiger partial charge >= 0.3 is 0 Å². The number of hydrogen-bond acceptors (Lipinski definition) is 2. The fourth-order valence-electron chi connectivity index (χ4n) is 1.56. The van der Waals surface area contributed by atoms with E-state index in [0.29, 0.717) is 0 Å². The highest BCUT2D eigenvalue weighted by molar-refractivity contribution is 5.50. The lowest BCUT2D eigenvalue weighted by Crippen LogP contribution is -2.31. The molecule has 0 radical (unpaired) electrons. The van der Waals surface area contributed by atoms with E-state index in [4.69, 9.17) is 5.26 Å². The maximum absolute atomic E-state index is 8.88. The van der Waals surface area contributed by atoms with Crippen molar-refractivity contribution in [2.24, 2.45) is 0 Å². The van der Waals surface area contributed by atoms with Crippen molar-refractivity contribution in [3.05, 3.63) is 29.8 Å². The van der Waals surface area contributed by atoms with Crippen LogP contribution in [0, 0.1) is 18.3 Å². The summed E-state index contributed by atoms with van der Waals surface area (Å²) in [6, 6.07) is 10.4. The number of anilines is 1. The summed E-state index contributed by atoms with van der Waals surface area (Å²) in [6.45, 7) is 6.91. The van der Waals surface area contributed by atoms with Crippen LogP contribution in [0.4, 0.5) is 5.69 Å². The van der Waals surface area contributed by atoms with E-state index >= 15 is 0 Å². The smallest absolute Gasteiger partial charge is 0.114 e. The zero-order chi connectivity index (χ0) is 10.6. The zero-order valence-electron chi connectivity index (χ0n) is 8.99. The lowest BCUT2D eigenvalue weighted by atomic mass is 10.2. The average molecular weight is 188 g/mol. The number of benzene rings is 1. The van der Waals surface area contributed by atoms with Gasteiger partial charge in [-0.2, -0.15) is 5.26 Å². The van der Waals surface area contributed by atoms with Crippen molar-refractivity contribution in [3.8, 4) is 6.07 Å². The van der Waals surface area contributed by atoms with E-state index in [1.54, 1.807) is 0 Å². The van der Waals surface area contributed by atoms with E-state index in [-0.39, 0.29) is 6.04 Å². The number of aryl methyl sites for hydroxylation is 1. The molecule has 0 bridgehead atoms. The summed E-state index contributed by atoms with van der Waals surface area (Å²) >= 11 is 0. The summed E-state index contributed by atoms with van der Waals surface area (Å²) in [4.78, 5) is 2.09. The molecular weight excluding hydrogens is 172 g/mol. The lowest BCUT2D eigenvalue weighted by Gasteiger charge is -2.25. The molecule has 0 fully saturated rings. The highest BCUT2D eigenvalue weighted by Crippen LogP contribution is 2.17. The molecule has 2 heteroatoms. The Bertz CT molecular complexity index is 338. The van der Waals surface area contributed by atoms with E-state index in [1.165, 1.54) is 5.56 Å². The van der Waals surface area contributed by atoms with Crippen LogP contribution in [0.2, 0.25) is 0 Å². The Labute approximate surface area is 85.8 Å². The van der Waals surface area contributed by atoms with Crippen LogP contribution in [0.3, 0.4) is 0 Å². The van der Waals surface area contributed by atoms with Crippen LogP contribution >= 0.6 is 0 Å². The van der Waals surface area contributed by atoms with Crippen molar-refractivity contribution in [3.63, 3.8) is 0 Å². The van der Waals surface area contributed by atoms with Crippen LogP contribution in [0.15, 0.2) is 24.3 Å². The minimum atomic E-state index is -0.0678. The molecule has 1 aromatic carbocycles. The largest absolute Gasteiger partial charge is 0.356 e. The summed E-state index contributed by atoms with van der Waals surface area (Å²) < 4.78 is 0. The van der Waals surface area contributed by atoms with Crippen LogP contribution in [0.1, 0.15) is 19.4 Å². The van der Waals surface area contributed by atoms with Gasteiger partial charge in [-0.15, -0.1) is 0 Å². The van der Waals surface area contributed by atoms with Gasteiger partial charge in [0.2, 0.25) is 0 Å². The standard InChI is InChI=1S/C12H16N2/c1-4-14(11(3)9-13)12-7-5-6-10(2)8-12/h5-8,11H,4H2,1-3H3. The van der Waals surface area contributed by atoms with E-state index in [9.17, 15) is 0 Å². The number of hydrogen-bond donors (Lipinski definition) is 0. The van der Waals surface area contributed by atoms with E-state index < -0.39 is 0 Å². The Morgan fingerprint density at radius 1 is 1.50 bits per heavy atom. The van der Waals surface area contributed by atoms with Gasteiger partial charge in [0.15, 0.2) is 0 Å². The predicted molar refractivity (Wildman–Crippen MR) is 59.3 cm³/mol. The molecule has 0 heterocycles. The average Bonchev–Trinajstić information content (AvgIpc) is 2.19. The molecule has 0 N–H and O–H groups in total. The molecule has 14 heavy (non-hydrogen) atoms. The minimum Gasteiger partial charge on any atom is -0.356 e. The summed E-state index contributed by atoms with van der Waals surface area (Å²) in [6.07, 6.45) is 0. The Morgan fingerprint density at radius 3 is 2.71 bits per heavy atom.